The molecule has 5 heteroatoms. The average molecular weight is 276 g/mol. The molecule has 2 aliphatic rings. The lowest BCUT2D eigenvalue weighted by Crippen LogP contribution is -2.49. The van der Waals surface area contributed by atoms with Gasteiger partial charge in [-0.3, -0.25) is 0 Å². The molecule has 110 valence electrons. The lowest BCUT2D eigenvalue weighted by atomic mass is 10.1. The Morgan fingerprint density at radius 1 is 1.35 bits per heavy atom. The first-order valence-electron chi connectivity index (χ1n) is 7.62. The van der Waals surface area contributed by atoms with Crippen LogP contribution >= 0.6 is 0 Å². The standard InChI is InChI=1S/C15H24N4O/c1-4-12-8-20-9(2)7-19(12)15-10(3)13(16)17-14(18-15)11-5-6-11/h9,11-12H,4-8H2,1-3H3,(H2,16,17,18). The largest absolute Gasteiger partial charge is 0.383 e. The molecule has 5 nitrogen and oxygen atoms in total. The molecule has 3 rings (SSSR count). The molecular formula is C15H24N4O. The third-order valence-corrected chi connectivity index (χ3v) is 4.33. The van der Waals surface area contributed by atoms with Gasteiger partial charge in [-0.05, 0) is 33.1 Å². The van der Waals surface area contributed by atoms with Gasteiger partial charge in [0.15, 0.2) is 0 Å². The minimum absolute atomic E-state index is 0.234. The van der Waals surface area contributed by atoms with E-state index >= 15 is 0 Å². The van der Waals surface area contributed by atoms with Gasteiger partial charge in [-0.1, -0.05) is 6.92 Å². The fraction of sp³-hybridized carbons (Fsp3) is 0.733. The third-order valence-electron chi connectivity index (χ3n) is 4.33. The number of hydrogen-bond acceptors (Lipinski definition) is 5. The van der Waals surface area contributed by atoms with E-state index < -0.39 is 0 Å². The maximum atomic E-state index is 6.11. The summed E-state index contributed by atoms with van der Waals surface area (Å²) in [5, 5.41) is 0. The Morgan fingerprint density at radius 2 is 2.10 bits per heavy atom. The average Bonchev–Trinajstić information content (AvgIpc) is 3.26. The Hall–Kier alpha value is -1.36. The van der Waals surface area contributed by atoms with Gasteiger partial charge >= 0.3 is 0 Å². The summed E-state index contributed by atoms with van der Waals surface area (Å²) in [7, 11) is 0. The molecule has 0 bridgehead atoms. The van der Waals surface area contributed by atoms with Crippen molar-refractivity contribution >= 4 is 11.6 Å². The van der Waals surface area contributed by atoms with Crippen LogP contribution in [-0.2, 0) is 4.74 Å². The van der Waals surface area contributed by atoms with Crippen molar-refractivity contribution < 1.29 is 4.74 Å². The van der Waals surface area contributed by atoms with Crippen molar-refractivity contribution in [2.24, 2.45) is 0 Å². The Balaban J connectivity index is 1.97. The van der Waals surface area contributed by atoms with Crippen LogP contribution in [0.15, 0.2) is 0 Å². The molecule has 1 saturated heterocycles. The lowest BCUT2D eigenvalue weighted by molar-refractivity contribution is 0.0295. The number of hydrogen-bond donors (Lipinski definition) is 1. The van der Waals surface area contributed by atoms with Gasteiger partial charge in [-0.25, -0.2) is 9.97 Å². The molecule has 0 radical (unpaired) electrons. The van der Waals surface area contributed by atoms with Crippen molar-refractivity contribution in [1.29, 1.82) is 0 Å². The summed E-state index contributed by atoms with van der Waals surface area (Å²) in [6.45, 7) is 7.97. The molecule has 2 fully saturated rings. The predicted octanol–water partition coefficient (Wildman–Crippen LogP) is 2.25. The highest BCUT2D eigenvalue weighted by Gasteiger charge is 2.32. The van der Waals surface area contributed by atoms with Gasteiger partial charge in [-0.15, -0.1) is 0 Å². The summed E-state index contributed by atoms with van der Waals surface area (Å²) >= 11 is 0. The summed E-state index contributed by atoms with van der Waals surface area (Å²) in [6, 6.07) is 0.381. The summed E-state index contributed by atoms with van der Waals surface area (Å²) in [5.41, 5.74) is 7.11. The van der Waals surface area contributed by atoms with Gasteiger partial charge in [0.2, 0.25) is 0 Å². The zero-order valence-electron chi connectivity index (χ0n) is 12.6. The molecule has 0 amide bonds. The van der Waals surface area contributed by atoms with Gasteiger partial charge in [-0.2, -0.15) is 0 Å². The van der Waals surface area contributed by atoms with Crippen molar-refractivity contribution in [3.63, 3.8) is 0 Å². The molecule has 1 aromatic heterocycles. The SMILES string of the molecule is CCC1COC(C)CN1c1nc(C2CC2)nc(N)c1C. The zero-order valence-corrected chi connectivity index (χ0v) is 12.6. The maximum absolute atomic E-state index is 6.11. The quantitative estimate of drug-likeness (QED) is 0.917. The minimum atomic E-state index is 0.234. The molecule has 1 aromatic rings. The van der Waals surface area contributed by atoms with E-state index in [9.17, 15) is 0 Å². The molecule has 1 aliphatic heterocycles. The van der Waals surface area contributed by atoms with Crippen molar-refractivity contribution in [2.45, 2.75) is 58.1 Å². The molecule has 0 spiro atoms. The van der Waals surface area contributed by atoms with Gasteiger partial charge in [0.05, 0.1) is 18.8 Å². The fourth-order valence-electron chi connectivity index (χ4n) is 2.78. The number of aromatic nitrogens is 2. The van der Waals surface area contributed by atoms with Gasteiger partial charge in [0.25, 0.3) is 0 Å². The third kappa shape index (κ3) is 2.46. The molecule has 2 N–H and O–H groups in total. The van der Waals surface area contributed by atoms with Crippen LogP contribution in [0.4, 0.5) is 11.6 Å². The van der Waals surface area contributed by atoms with Gasteiger partial charge in [0.1, 0.15) is 17.5 Å². The first kappa shape index (κ1) is 13.6. The molecule has 2 atom stereocenters. The van der Waals surface area contributed by atoms with E-state index in [0.717, 1.165) is 36.8 Å². The zero-order chi connectivity index (χ0) is 14.3. The second kappa shape index (κ2) is 5.20. The smallest absolute Gasteiger partial charge is 0.137 e. The van der Waals surface area contributed by atoms with Crippen molar-refractivity contribution in [3.05, 3.63) is 11.4 Å². The Morgan fingerprint density at radius 3 is 2.75 bits per heavy atom. The first-order chi connectivity index (χ1) is 9.60. The second-order valence-corrected chi connectivity index (χ2v) is 6.05. The van der Waals surface area contributed by atoms with Crippen LogP contribution in [-0.4, -0.2) is 35.3 Å². The molecular weight excluding hydrogens is 252 g/mol. The predicted molar refractivity (Wildman–Crippen MR) is 80.0 cm³/mol. The topological polar surface area (TPSA) is 64.3 Å². The van der Waals surface area contributed by atoms with E-state index in [4.69, 9.17) is 15.5 Å². The first-order valence-corrected chi connectivity index (χ1v) is 7.62. The number of anilines is 2. The van der Waals surface area contributed by atoms with Crippen LogP contribution in [0.5, 0.6) is 0 Å². The summed E-state index contributed by atoms with van der Waals surface area (Å²) in [4.78, 5) is 11.7. The maximum Gasteiger partial charge on any atom is 0.137 e. The number of nitrogens with two attached hydrogens (primary N) is 1. The van der Waals surface area contributed by atoms with E-state index in [0.29, 0.717) is 17.8 Å². The van der Waals surface area contributed by atoms with Gasteiger partial charge < -0.3 is 15.4 Å². The van der Waals surface area contributed by atoms with Crippen LogP contribution < -0.4 is 10.6 Å². The van der Waals surface area contributed by atoms with Gasteiger partial charge in [0, 0.05) is 18.0 Å². The second-order valence-electron chi connectivity index (χ2n) is 6.05. The molecule has 0 aromatic carbocycles. The van der Waals surface area contributed by atoms with Crippen LogP contribution in [0.1, 0.15) is 50.4 Å². The number of rotatable bonds is 3. The summed E-state index contributed by atoms with van der Waals surface area (Å²) in [5.74, 6) is 3.10. The lowest BCUT2D eigenvalue weighted by Gasteiger charge is -2.40. The van der Waals surface area contributed by atoms with Crippen LogP contribution in [0.3, 0.4) is 0 Å². The van der Waals surface area contributed by atoms with E-state index in [-0.39, 0.29) is 6.10 Å². The highest BCUT2D eigenvalue weighted by Crippen LogP contribution is 2.40. The van der Waals surface area contributed by atoms with Crippen molar-refractivity contribution in [2.75, 3.05) is 23.8 Å². The number of nitrogens with zero attached hydrogens (tertiary/aromatic N) is 3. The molecule has 1 aliphatic carbocycles. The Labute approximate surface area is 120 Å². The highest BCUT2D eigenvalue weighted by molar-refractivity contribution is 5.57. The van der Waals surface area contributed by atoms with E-state index in [1.807, 2.05) is 6.92 Å². The van der Waals surface area contributed by atoms with Crippen LogP contribution in [0.25, 0.3) is 0 Å². The number of ether oxygens (including phenoxy) is 1. The van der Waals surface area contributed by atoms with Crippen molar-refractivity contribution in [1.82, 2.24) is 9.97 Å². The van der Waals surface area contributed by atoms with Crippen LogP contribution in [0.2, 0.25) is 0 Å². The van der Waals surface area contributed by atoms with E-state index in [1.54, 1.807) is 0 Å². The van der Waals surface area contributed by atoms with Crippen LogP contribution in [0, 0.1) is 6.92 Å². The molecule has 2 heterocycles. The van der Waals surface area contributed by atoms with E-state index in [1.165, 1.54) is 12.8 Å². The van der Waals surface area contributed by atoms with E-state index in [2.05, 4.69) is 23.7 Å². The summed E-state index contributed by atoms with van der Waals surface area (Å²) < 4.78 is 5.78. The fourth-order valence-corrected chi connectivity index (χ4v) is 2.78. The van der Waals surface area contributed by atoms with Crippen molar-refractivity contribution in [3.8, 4) is 0 Å². The summed E-state index contributed by atoms with van der Waals surface area (Å²) in [6.07, 6.45) is 3.67. The highest BCUT2D eigenvalue weighted by atomic mass is 16.5. The molecule has 2 unspecified atom stereocenters. The molecule has 20 heavy (non-hydrogen) atoms. The Bertz CT molecular complexity index is 501. The minimum Gasteiger partial charge on any atom is -0.383 e. The normalized spacial score (nSPS) is 26.9. The monoisotopic (exact) mass is 276 g/mol. The Kier molecular flexibility index (Phi) is 3.54. The number of nitrogen functional groups attached to an aromatic ring is 1. The molecule has 1 saturated carbocycles. The number of morpholine rings is 1.